The molecule has 1 aromatic rings. The minimum absolute atomic E-state index is 0.105. The van der Waals surface area contributed by atoms with Crippen LogP contribution in [-0.2, 0) is 10.2 Å². The van der Waals surface area contributed by atoms with E-state index in [1.54, 1.807) is 6.07 Å². The van der Waals surface area contributed by atoms with Crippen LogP contribution in [0.2, 0.25) is 5.02 Å². The van der Waals surface area contributed by atoms with Gasteiger partial charge in [-0.05, 0) is 37.8 Å². The van der Waals surface area contributed by atoms with Crippen molar-refractivity contribution in [3.05, 3.63) is 34.9 Å². The Morgan fingerprint density at radius 3 is 2.81 bits per heavy atom. The number of rotatable bonds is 1. The Bertz CT molecular complexity index is 416. The van der Waals surface area contributed by atoms with E-state index < -0.39 is 11.5 Å². The maximum atomic E-state index is 12.1. The lowest BCUT2D eigenvalue weighted by Crippen LogP contribution is -2.44. The van der Waals surface area contributed by atoms with Crippen molar-refractivity contribution in [1.29, 1.82) is 0 Å². The number of hydrogen-bond acceptors (Lipinski definition) is 2. The molecule has 0 aromatic heterocycles. The number of aliphatic hydroxyl groups is 1. The van der Waals surface area contributed by atoms with Gasteiger partial charge in [0.15, 0.2) is 5.78 Å². The average Bonchev–Trinajstić information content (AvgIpc) is 2.26. The van der Waals surface area contributed by atoms with Crippen LogP contribution in [0, 0.1) is 0 Å². The SMILES string of the molecule is C[C@]1(c2ccccc2Cl)CCC[C@H](O)C1=O. The summed E-state index contributed by atoms with van der Waals surface area (Å²) in [6.45, 7) is 1.87. The molecule has 0 radical (unpaired) electrons. The van der Waals surface area contributed by atoms with Crippen molar-refractivity contribution in [2.45, 2.75) is 37.7 Å². The molecule has 86 valence electrons. The van der Waals surface area contributed by atoms with Crippen molar-refractivity contribution >= 4 is 17.4 Å². The molecule has 0 saturated heterocycles. The fourth-order valence-corrected chi connectivity index (χ4v) is 2.79. The molecule has 1 aliphatic carbocycles. The minimum atomic E-state index is -0.838. The van der Waals surface area contributed by atoms with E-state index in [4.69, 9.17) is 11.6 Å². The largest absolute Gasteiger partial charge is 0.385 e. The third-order valence-electron chi connectivity index (χ3n) is 3.47. The number of carbonyl (C=O) groups is 1. The maximum absolute atomic E-state index is 12.1. The maximum Gasteiger partial charge on any atom is 0.171 e. The van der Waals surface area contributed by atoms with Crippen LogP contribution >= 0.6 is 11.6 Å². The summed E-state index contributed by atoms with van der Waals surface area (Å²) >= 11 is 6.13. The minimum Gasteiger partial charge on any atom is -0.385 e. The highest BCUT2D eigenvalue weighted by Gasteiger charge is 2.42. The first-order valence-corrected chi connectivity index (χ1v) is 5.91. The zero-order valence-electron chi connectivity index (χ0n) is 9.24. The van der Waals surface area contributed by atoms with E-state index >= 15 is 0 Å². The molecule has 0 unspecified atom stereocenters. The van der Waals surface area contributed by atoms with Crippen molar-refractivity contribution in [2.75, 3.05) is 0 Å². The molecule has 0 heterocycles. The second kappa shape index (κ2) is 4.19. The van der Waals surface area contributed by atoms with Crippen molar-refractivity contribution in [1.82, 2.24) is 0 Å². The first-order valence-electron chi connectivity index (χ1n) is 5.53. The Morgan fingerprint density at radius 2 is 2.12 bits per heavy atom. The third kappa shape index (κ3) is 1.76. The van der Waals surface area contributed by atoms with Gasteiger partial charge in [-0.3, -0.25) is 4.79 Å². The molecule has 1 N–H and O–H groups in total. The molecule has 0 bridgehead atoms. The van der Waals surface area contributed by atoms with Gasteiger partial charge in [0.1, 0.15) is 6.10 Å². The summed E-state index contributed by atoms with van der Waals surface area (Å²) in [6.07, 6.45) is 1.34. The normalized spacial score (nSPS) is 30.4. The zero-order valence-corrected chi connectivity index (χ0v) is 10.00. The molecule has 1 aromatic carbocycles. The quantitative estimate of drug-likeness (QED) is 0.817. The highest BCUT2D eigenvalue weighted by atomic mass is 35.5. The van der Waals surface area contributed by atoms with Crippen LogP contribution in [0.5, 0.6) is 0 Å². The Kier molecular flexibility index (Phi) is 3.04. The van der Waals surface area contributed by atoms with E-state index in [0.717, 1.165) is 18.4 Å². The van der Waals surface area contributed by atoms with E-state index in [1.165, 1.54) is 0 Å². The average molecular weight is 239 g/mol. The van der Waals surface area contributed by atoms with E-state index in [9.17, 15) is 9.90 Å². The highest BCUT2D eigenvalue weighted by Crippen LogP contribution is 2.39. The fourth-order valence-electron chi connectivity index (χ4n) is 2.45. The smallest absolute Gasteiger partial charge is 0.171 e. The topological polar surface area (TPSA) is 37.3 Å². The Labute approximate surface area is 100 Å². The third-order valence-corrected chi connectivity index (χ3v) is 3.80. The molecule has 0 aliphatic heterocycles. The second-order valence-electron chi connectivity index (χ2n) is 4.58. The standard InChI is InChI=1S/C13H15ClO2/c1-13(8-4-7-11(15)12(13)16)9-5-2-3-6-10(9)14/h2-3,5-6,11,15H,4,7-8H2,1H3/t11-,13+/m0/s1. The van der Waals surface area contributed by atoms with Crippen molar-refractivity contribution in [3.63, 3.8) is 0 Å². The van der Waals surface area contributed by atoms with Gasteiger partial charge in [0.25, 0.3) is 0 Å². The summed E-state index contributed by atoms with van der Waals surface area (Å²) in [7, 11) is 0. The van der Waals surface area contributed by atoms with Crippen molar-refractivity contribution < 1.29 is 9.90 Å². The van der Waals surface area contributed by atoms with E-state index in [1.807, 2.05) is 25.1 Å². The molecule has 1 saturated carbocycles. The van der Waals surface area contributed by atoms with Crippen LogP contribution in [0.4, 0.5) is 0 Å². The van der Waals surface area contributed by atoms with Gasteiger partial charge in [0, 0.05) is 5.02 Å². The predicted octanol–water partition coefficient (Wildman–Crippen LogP) is 2.71. The van der Waals surface area contributed by atoms with Crippen molar-refractivity contribution in [2.24, 2.45) is 0 Å². The van der Waals surface area contributed by atoms with E-state index in [-0.39, 0.29) is 5.78 Å². The molecule has 0 amide bonds. The lowest BCUT2D eigenvalue weighted by atomic mass is 9.69. The van der Waals surface area contributed by atoms with Gasteiger partial charge in [-0.25, -0.2) is 0 Å². The summed E-state index contributed by atoms with van der Waals surface area (Å²) in [5.74, 6) is -0.105. The monoisotopic (exact) mass is 238 g/mol. The molecule has 2 atom stereocenters. The Hall–Kier alpha value is -0.860. The number of carbonyl (C=O) groups excluding carboxylic acids is 1. The Morgan fingerprint density at radius 1 is 1.44 bits per heavy atom. The molecule has 1 aliphatic rings. The number of hydrogen-bond donors (Lipinski definition) is 1. The van der Waals surface area contributed by atoms with Crippen LogP contribution in [0.1, 0.15) is 31.7 Å². The van der Waals surface area contributed by atoms with Gasteiger partial charge in [0.2, 0.25) is 0 Å². The lowest BCUT2D eigenvalue weighted by Gasteiger charge is -2.35. The molecular weight excluding hydrogens is 224 g/mol. The lowest BCUT2D eigenvalue weighted by molar-refractivity contribution is -0.135. The predicted molar refractivity (Wildman–Crippen MR) is 63.7 cm³/mol. The van der Waals surface area contributed by atoms with Gasteiger partial charge >= 0.3 is 0 Å². The van der Waals surface area contributed by atoms with Gasteiger partial charge in [-0.2, -0.15) is 0 Å². The van der Waals surface area contributed by atoms with E-state index in [0.29, 0.717) is 11.4 Å². The molecule has 16 heavy (non-hydrogen) atoms. The van der Waals surface area contributed by atoms with E-state index in [2.05, 4.69) is 0 Å². The summed E-state index contributed by atoms with van der Waals surface area (Å²) in [4.78, 5) is 12.1. The van der Waals surface area contributed by atoms with Gasteiger partial charge < -0.3 is 5.11 Å². The molecular formula is C13H15ClO2. The molecule has 2 nitrogen and oxygen atoms in total. The first-order chi connectivity index (χ1) is 7.55. The summed E-state index contributed by atoms with van der Waals surface area (Å²) in [6, 6.07) is 7.38. The zero-order chi connectivity index (χ0) is 11.8. The van der Waals surface area contributed by atoms with Gasteiger partial charge in [0.05, 0.1) is 5.41 Å². The van der Waals surface area contributed by atoms with Crippen LogP contribution in [-0.4, -0.2) is 17.0 Å². The number of halogens is 1. The van der Waals surface area contributed by atoms with Crippen LogP contribution in [0.15, 0.2) is 24.3 Å². The molecule has 0 spiro atoms. The van der Waals surface area contributed by atoms with Crippen LogP contribution in [0.25, 0.3) is 0 Å². The fraction of sp³-hybridized carbons (Fsp3) is 0.462. The van der Waals surface area contributed by atoms with Crippen LogP contribution < -0.4 is 0 Å². The summed E-state index contributed by atoms with van der Waals surface area (Å²) < 4.78 is 0. The molecule has 1 fully saturated rings. The molecule has 2 rings (SSSR count). The first kappa shape index (κ1) is 11.6. The van der Waals surface area contributed by atoms with Crippen LogP contribution in [0.3, 0.4) is 0 Å². The molecule has 3 heteroatoms. The number of benzene rings is 1. The van der Waals surface area contributed by atoms with Gasteiger partial charge in [-0.15, -0.1) is 0 Å². The second-order valence-corrected chi connectivity index (χ2v) is 4.99. The van der Waals surface area contributed by atoms with Crippen molar-refractivity contribution in [3.8, 4) is 0 Å². The summed E-state index contributed by atoms with van der Waals surface area (Å²) in [5.41, 5.74) is 0.205. The number of Topliss-reactive ketones (excluding diaryl/α,β-unsaturated/α-hetero) is 1. The number of ketones is 1. The van der Waals surface area contributed by atoms with Gasteiger partial charge in [-0.1, -0.05) is 29.8 Å². The summed E-state index contributed by atoms with van der Waals surface area (Å²) in [5, 5.41) is 10.3. The number of aliphatic hydroxyl groups excluding tert-OH is 1. The highest BCUT2D eigenvalue weighted by molar-refractivity contribution is 6.31. The Balaban J connectivity index is 2.45.